The molecule has 0 unspecified atom stereocenters. The number of allylic oxidation sites excluding steroid dienone is 5. The van der Waals surface area contributed by atoms with Gasteiger partial charge in [0.2, 0.25) is 0 Å². The number of aromatic amines is 1. The van der Waals surface area contributed by atoms with Gasteiger partial charge in [-0.2, -0.15) is 0 Å². The minimum Gasteiger partial charge on any atom is -0.496 e. The largest absolute Gasteiger partial charge is 0.496 e. The zero-order valence-electron chi connectivity index (χ0n) is 21.6. The van der Waals surface area contributed by atoms with Crippen molar-refractivity contribution < 1.29 is 19.4 Å². The molecule has 0 saturated heterocycles. The van der Waals surface area contributed by atoms with Crippen LogP contribution in [0.15, 0.2) is 77.5 Å². The maximum absolute atomic E-state index is 10.6. The Morgan fingerprint density at radius 1 is 1.10 bits per heavy atom. The Kier molecular flexibility index (Phi) is 11.1. The summed E-state index contributed by atoms with van der Waals surface area (Å²) in [6.45, 7) is 5.94. The number of nitrogens with one attached hydrogen (secondary N) is 1. The lowest BCUT2D eigenvalue weighted by molar-refractivity contribution is -0.137. The number of hydrogen-bond acceptors (Lipinski definition) is 4. The van der Waals surface area contributed by atoms with Crippen LogP contribution in [0.25, 0.3) is 17.7 Å². The number of H-pyrrole nitrogens is 1. The number of hydrogen-bond donors (Lipinski definition) is 2. The third kappa shape index (κ3) is 9.57. The van der Waals surface area contributed by atoms with Gasteiger partial charge in [-0.3, -0.25) is 4.79 Å². The number of carboxylic acids is 1. The number of halogens is 2. The number of rotatable bonds is 11. The molecule has 0 saturated carbocycles. The number of aromatic nitrogens is 2. The zero-order chi connectivity index (χ0) is 28.2. The quantitative estimate of drug-likeness (QED) is 0.143. The Bertz CT molecular complexity index is 1470. The van der Waals surface area contributed by atoms with Crippen LogP contribution in [0.4, 0.5) is 0 Å². The average Bonchev–Trinajstić information content (AvgIpc) is 3.37. The molecule has 39 heavy (non-hydrogen) atoms. The van der Waals surface area contributed by atoms with Crippen molar-refractivity contribution in [3.05, 3.63) is 106 Å². The molecule has 1 heterocycles. The van der Waals surface area contributed by atoms with E-state index in [1.807, 2.05) is 54.6 Å². The summed E-state index contributed by atoms with van der Waals surface area (Å²) >= 11 is 12.1. The number of aliphatic carboxylic acids is 1. The predicted octanol–water partition coefficient (Wildman–Crippen LogP) is 7.51. The van der Waals surface area contributed by atoms with Crippen LogP contribution >= 0.6 is 23.2 Å². The molecule has 3 aromatic rings. The molecule has 2 aromatic carbocycles. The lowest BCUT2D eigenvalue weighted by Crippen LogP contribution is -2.01. The van der Waals surface area contributed by atoms with E-state index in [4.69, 9.17) is 37.8 Å². The molecule has 8 heteroatoms. The van der Waals surface area contributed by atoms with Crippen molar-refractivity contribution in [1.29, 1.82) is 0 Å². The number of nitrogens with zero attached hydrogens (tertiary/aromatic N) is 1. The van der Waals surface area contributed by atoms with Crippen LogP contribution in [-0.2, 0) is 4.79 Å². The first-order valence-electron chi connectivity index (χ1n) is 12.0. The highest BCUT2D eigenvalue weighted by molar-refractivity contribution is 6.36. The van der Waals surface area contributed by atoms with Crippen LogP contribution in [0.1, 0.15) is 48.0 Å². The van der Waals surface area contributed by atoms with E-state index in [1.54, 1.807) is 32.4 Å². The van der Waals surface area contributed by atoms with Gasteiger partial charge in [-0.15, -0.1) is 0 Å². The van der Waals surface area contributed by atoms with Crippen molar-refractivity contribution in [3.8, 4) is 23.3 Å². The molecule has 2 N–H and O–H groups in total. The number of carbonyl (C=O) groups is 1. The van der Waals surface area contributed by atoms with Gasteiger partial charge in [-0.05, 0) is 74.0 Å². The van der Waals surface area contributed by atoms with Gasteiger partial charge in [0.25, 0.3) is 0 Å². The third-order valence-electron chi connectivity index (χ3n) is 5.32. The van der Waals surface area contributed by atoms with Crippen LogP contribution in [0.5, 0.6) is 11.5 Å². The molecule has 0 radical (unpaired) electrons. The summed E-state index contributed by atoms with van der Waals surface area (Å²) in [5, 5.41) is 9.69. The molecule has 0 amide bonds. The van der Waals surface area contributed by atoms with Gasteiger partial charge in [0, 0.05) is 38.7 Å². The monoisotopic (exact) mass is 562 g/mol. The first-order chi connectivity index (χ1) is 18.7. The summed E-state index contributed by atoms with van der Waals surface area (Å²) in [7, 11) is 1.61. The molecule has 0 atom stereocenters. The molecule has 3 rings (SSSR count). The summed E-state index contributed by atoms with van der Waals surface area (Å²) in [5.41, 5.74) is 3.89. The van der Waals surface area contributed by atoms with E-state index in [2.05, 4.69) is 28.4 Å². The number of imidazole rings is 1. The molecule has 0 spiro atoms. The van der Waals surface area contributed by atoms with Crippen LogP contribution < -0.4 is 9.47 Å². The highest BCUT2D eigenvalue weighted by Crippen LogP contribution is 2.25. The molecule has 0 aliphatic rings. The number of ether oxygens (including phenoxy) is 2. The normalized spacial score (nSPS) is 11.7. The van der Waals surface area contributed by atoms with Gasteiger partial charge in [-0.1, -0.05) is 47.7 Å². The van der Waals surface area contributed by atoms with Crippen molar-refractivity contribution in [2.24, 2.45) is 0 Å². The number of methoxy groups -OCH3 is 1. The smallest absolute Gasteiger partial charge is 0.303 e. The van der Waals surface area contributed by atoms with Gasteiger partial charge in [0.1, 0.15) is 17.3 Å². The van der Waals surface area contributed by atoms with E-state index in [0.29, 0.717) is 51.7 Å². The fraction of sp³-hybridized carbons (Fsp3) is 0.161. The molecule has 0 fully saturated rings. The minimum absolute atomic E-state index is 0.0835. The van der Waals surface area contributed by atoms with Gasteiger partial charge in [0.05, 0.1) is 25.6 Å². The lowest BCUT2D eigenvalue weighted by Gasteiger charge is -2.05. The summed E-state index contributed by atoms with van der Waals surface area (Å²) < 4.78 is 11.1. The predicted molar refractivity (Wildman–Crippen MR) is 158 cm³/mol. The maximum atomic E-state index is 10.6. The van der Waals surface area contributed by atoms with E-state index in [-0.39, 0.29) is 6.42 Å². The summed E-state index contributed by atoms with van der Waals surface area (Å²) in [6, 6.07) is 13.1. The van der Waals surface area contributed by atoms with Crippen LogP contribution in [0.3, 0.4) is 0 Å². The van der Waals surface area contributed by atoms with E-state index < -0.39 is 5.97 Å². The number of carboxylic acid groups (broad SMARTS) is 1. The van der Waals surface area contributed by atoms with Crippen molar-refractivity contribution in [2.75, 3.05) is 13.7 Å². The minimum atomic E-state index is -0.830. The zero-order valence-corrected chi connectivity index (χ0v) is 23.1. The second-order valence-electron chi connectivity index (χ2n) is 8.33. The maximum Gasteiger partial charge on any atom is 0.303 e. The SMILES string of the molecule is C=C(Cl)/C(=C\C=C(/C)Cl)c1cnc(/C=C/c2cc(C#Cc3ccc(OCCCC(=O)O)cc3)ccc2OC)[nH]1. The lowest BCUT2D eigenvalue weighted by atomic mass is 10.1. The summed E-state index contributed by atoms with van der Waals surface area (Å²) in [5.74, 6) is 7.49. The Labute approximate surface area is 238 Å². The van der Waals surface area contributed by atoms with Gasteiger partial charge < -0.3 is 19.6 Å². The Morgan fingerprint density at radius 2 is 1.82 bits per heavy atom. The van der Waals surface area contributed by atoms with E-state index >= 15 is 0 Å². The molecule has 6 nitrogen and oxygen atoms in total. The Balaban J connectivity index is 1.73. The highest BCUT2D eigenvalue weighted by atomic mass is 35.5. The average molecular weight is 563 g/mol. The molecule has 200 valence electrons. The van der Waals surface area contributed by atoms with Crippen molar-refractivity contribution in [1.82, 2.24) is 9.97 Å². The molecular formula is C31H28Cl2N2O4. The third-order valence-corrected chi connectivity index (χ3v) is 5.65. The topological polar surface area (TPSA) is 84.4 Å². The van der Waals surface area contributed by atoms with E-state index in [0.717, 1.165) is 16.7 Å². The molecule has 0 bridgehead atoms. The van der Waals surface area contributed by atoms with Gasteiger partial charge >= 0.3 is 5.97 Å². The van der Waals surface area contributed by atoms with Gasteiger partial charge in [-0.25, -0.2) is 4.98 Å². The second kappa shape index (κ2) is 14.7. The van der Waals surface area contributed by atoms with Crippen molar-refractivity contribution in [3.63, 3.8) is 0 Å². The van der Waals surface area contributed by atoms with E-state index in [9.17, 15) is 4.79 Å². The summed E-state index contributed by atoms with van der Waals surface area (Å²) in [4.78, 5) is 18.2. The fourth-order valence-corrected chi connectivity index (χ4v) is 3.61. The standard InChI is InChI=1S/C31H28Cl2N2O4/c1-21(32)6-15-27(22(2)33)28-20-34-30(35-28)17-12-25-19-24(11-16-29(25)38-3)8-7-23-9-13-26(14-10-23)39-18-4-5-31(36)37/h6,9-17,19-20H,2,4-5,18H2,1,3H3,(H,34,35)(H,36,37)/b17-12+,21-6+,27-15+. The first kappa shape index (κ1) is 29.4. The van der Waals surface area contributed by atoms with Crippen LogP contribution in [0, 0.1) is 11.8 Å². The van der Waals surface area contributed by atoms with Crippen molar-refractivity contribution in [2.45, 2.75) is 19.8 Å². The molecule has 0 aliphatic heterocycles. The highest BCUT2D eigenvalue weighted by Gasteiger charge is 2.07. The van der Waals surface area contributed by atoms with E-state index in [1.165, 1.54) is 0 Å². The second-order valence-corrected chi connectivity index (χ2v) is 9.38. The molecule has 0 aliphatic carbocycles. The van der Waals surface area contributed by atoms with Crippen LogP contribution in [-0.4, -0.2) is 34.8 Å². The van der Waals surface area contributed by atoms with Gasteiger partial charge in [0.15, 0.2) is 0 Å². The fourth-order valence-electron chi connectivity index (χ4n) is 3.39. The summed E-state index contributed by atoms with van der Waals surface area (Å²) in [6.07, 6.45) is 9.48. The Hall–Kier alpha value is -4.18. The first-order valence-corrected chi connectivity index (χ1v) is 12.8. The molecular weight excluding hydrogens is 535 g/mol. The Morgan fingerprint density at radius 3 is 2.49 bits per heavy atom. The molecule has 1 aromatic heterocycles. The van der Waals surface area contributed by atoms with Crippen molar-refractivity contribution >= 4 is 46.9 Å². The number of benzene rings is 2. The van der Waals surface area contributed by atoms with Crippen LogP contribution in [0.2, 0.25) is 0 Å².